The Bertz CT molecular complexity index is 1190. The van der Waals surface area contributed by atoms with Crippen LogP contribution in [0.2, 0.25) is 0 Å². The number of hydrogen-bond acceptors (Lipinski definition) is 13. The van der Waals surface area contributed by atoms with Crippen molar-refractivity contribution in [2.75, 3.05) is 42.7 Å². The monoisotopic (exact) mass is 516 g/mol. The van der Waals surface area contributed by atoms with Crippen molar-refractivity contribution in [2.45, 2.75) is 11.0 Å². The van der Waals surface area contributed by atoms with E-state index in [0.717, 1.165) is 0 Å². The molecule has 4 rings (SSSR count). The van der Waals surface area contributed by atoms with E-state index in [1.54, 1.807) is 24.3 Å². The van der Waals surface area contributed by atoms with Crippen molar-refractivity contribution in [1.82, 2.24) is 20.4 Å². The lowest BCUT2D eigenvalue weighted by atomic mass is 10.2. The lowest BCUT2D eigenvalue weighted by molar-refractivity contribution is 0.324. The van der Waals surface area contributed by atoms with E-state index < -0.39 is 0 Å². The summed E-state index contributed by atoms with van der Waals surface area (Å²) < 4.78 is 43.8. The molecule has 190 valence electrons. The SMILES string of the molecule is COc1cc(-c2nnc(CSc3nnc(-c4cc(OC)c(OC)c(OC)c4)o3)o2)cc(OC)c1OC. The van der Waals surface area contributed by atoms with E-state index in [1.165, 1.54) is 54.4 Å². The number of benzene rings is 2. The number of aromatic nitrogens is 4. The lowest BCUT2D eigenvalue weighted by Gasteiger charge is -2.12. The molecule has 0 aliphatic heterocycles. The van der Waals surface area contributed by atoms with Crippen molar-refractivity contribution >= 4 is 11.8 Å². The van der Waals surface area contributed by atoms with E-state index in [0.29, 0.717) is 74.3 Å². The maximum atomic E-state index is 5.81. The molecule has 2 aromatic carbocycles. The molecule has 0 amide bonds. The van der Waals surface area contributed by atoms with Crippen LogP contribution in [0.1, 0.15) is 5.89 Å². The quantitative estimate of drug-likeness (QED) is 0.265. The van der Waals surface area contributed by atoms with Gasteiger partial charge in [-0.3, -0.25) is 0 Å². The summed E-state index contributed by atoms with van der Waals surface area (Å²) in [6, 6.07) is 6.91. The Morgan fingerprint density at radius 2 is 1.03 bits per heavy atom. The highest BCUT2D eigenvalue weighted by molar-refractivity contribution is 7.98. The fourth-order valence-corrected chi connectivity index (χ4v) is 3.95. The van der Waals surface area contributed by atoms with Gasteiger partial charge < -0.3 is 37.3 Å². The van der Waals surface area contributed by atoms with E-state index in [1.807, 2.05) is 0 Å². The summed E-state index contributed by atoms with van der Waals surface area (Å²) in [6.07, 6.45) is 0. The van der Waals surface area contributed by atoms with Crippen LogP contribution in [-0.2, 0) is 5.75 Å². The Morgan fingerprint density at radius 1 is 0.583 bits per heavy atom. The molecule has 0 aliphatic rings. The van der Waals surface area contributed by atoms with E-state index in [9.17, 15) is 0 Å². The standard InChI is InChI=1S/C23H24N4O8S/c1-28-14-7-12(8-15(29-2)19(14)32-5)21-25-24-18(34-21)11-36-23-27-26-22(35-23)13-9-16(30-3)20(33-6)17(10-13)31-4/h7-10H,11H2,1-6H3. The molecule has 0 spiro atoms. The van der Waals surface area contributed by atoms with Crippen molar-refractivity contribution < 1.29 is 37.3 Å². The second-order valence-corrected chi connectivity index (χ2v) is 7.92. The summed E-state index contributed by atoms with van der Waals surface area (Å²) in [4.78, 5) is 0. The van der Waals surface area contributed by atoms with Crippen molar-refractivity contribution in [2.24, 2.45) is 0 Å². The highest BCUT2D eigenvalue weighted by Gasteiger charge is 2.20. The molecule has 12 nitrogen and oxygen atoms in total. The van der Waals surface area contributed by atoms with Gasteiger partial charge in [-0.25, -0.2) is 0 Å². The van der Waals surface area contributed by atoms with Crippen LogP contribution in [0.5, 0.6) is 34.5 Å². The number of nitrogens with zero attached hydrogens (tertiary/aromatic N) is 4. The molecular weight excluding hydrogens is 492 g/mol. The predicted molar refractivity (Wildman–Crippen MR) is 128 cm³/mol. The fourth-order valence-electron chi connectivity index (χ4n) is 3.35. The third kappa shape index (κ3) is 4.96. The zero-order valence-corrected chi connectivity index (χ0v) is 21.3. The average Bonchev–Trinajstić information content (AvgIpc) is 3.60. The first-order valence-electron chi connectivity index (χ1n) is 10.4. The van der Waals surface area contributed by atoms with Gasteiger partial charge in [0.05, 0.1) is 48.4 Å². The van der Waals surface area contributed by atoms with Gasteiger partial charge in [-0.1, -0.05) is 11.8 Å². The Hall–Kier alpha value is -4.13. The number of ether oxygens (including phenoxy) is 6. The van der Waals surface area contributed by atoms with Crippen molar-refractivity contribution in [3.05, 3.63) is 30.2 Å². The maximum absolute atomic E-state index is 5.81. The highest BCUT2D eigenvalue weighted by Crippen LogP contribution is 2.42. The maximum Gasteiger partial charge on any atom is 0.277 e. The molecule has 0 aliphatic carbocycles. The number of thioether (sulfide) groups is 1. The minimum Gasteiger partial charge on any atom is -0.493 e. The summed E-state index contributed by atoms with van der Waals surface area (Å²) in [5.74, 6) is 4.13. The summed E-state index contributed by atoms with van der Waals surface area (Å²) in [5.41, 5.74) is 1.24. The summed E-state index contributed by atoms with van der Waals surface area (Å²) in [5, 5.41) is 16.8. The van der Waals surface area contributed by atoms with Crippen LogP contribution < -0.4 is 28.4 Å². The molecule has 0 bridgehead atoms. The topological polar surface area (TPSA) is 133 Å². The van der Waals surface area contributed by atoms with Gasteiger partial charge in [0, 0.05) is 11.1 Å². The van der Waals surface area contributed by atoms with Crippen molar-refractivity contribution in [1.29, 1.82) is 0 Å². The Labute approximate surface area is 210 Å². The molecule has 0 saturated carbocycles. The normalized spacial score (nSPS) is 10.7. The van der Waals surface area contributed by atoms with Gasteiger partial charge in [0.1, 0.15) is 0 Å². The van der Waals surface area contributed by atoms with Gasteiger partial charge in [-0.2, -0.15) is 0 Å². The first-order chi connectivity index (χ1) is 17.5. The van der Waals surface area contributed by atoms with Gasteiger partial charge in [0.25, 0.3) is 5.22 Å². The van der Waals surface area contributed by atoms with E-state index in [2.05, 4.69) is 20.4 Å². The number of rotatable bonds is 11. The Balaban J connectivity index is 1.50. The van der Waals surface area contributed by atoms with Crippen LogP contribution in [-0.4, -0.2) is 63.1 Å². The first kappa shape index (κ1) is 25.0. The summed E-state index contributed by atoms with van der Waals surface area (Å²) in [7, 11) is 9.21. The van der Waals surface area contributed by atoms with Crippen molar-refractivity contribution in [3.8, 4) is 57.4 Å². The largest absolute Gasteiger partial charge is 0.493 e. The second-order valence-electron chi connectivity index (χ2n) is 6.99. The Kier molecular flexibility index (Phi) is 7.68. The van der Waals surface area contributed by atoms with Crippen LogP contribution in [0.4, 0.5) is 0 Å². The van der Waals surface area contributed by atoms with Crippen LogP contribution in [0.25, 0.3) is 22.9 Å². The summed E-state index contributed by atoms with van der Waals surface area (Å²) >= 11 is 1.25. The predicted octanol–water partition coefficient (Wildman–Crippen LogP) is 4.13. The van der Waals surface area contributed by atoms with Gasteiger partial charge in [-0.15, -0.1) is 20.4 Å². The third-order valence-corrected chi connectivity index (χ3v) is 5.82. The molecule has 0 radical (unpaired) electrons. The third-order valence-electron chi connectivity index (χ3n) is 5.02. The molecule has 0 N–H and O–H groups in total. The van der Waals surface area contributed by atoms with E-state index >= 15 is 0 Å². The molecule has 0 saturated heterocycles. The van der Waals surface area contributed by atoms with Crippen LogP contribution in [0, 0.1) is 0 Å². The van der Waals surface area contributed by atoms with Crippen molar-refractivity contribution in [3.63, 3.8) is 0 Å². The van der Waals surface area contributed by atoms with Gasteiger partial charge in [0.2, 0.25) is 29.2 Å². The molecule has 0 unspecified atom stereocenters. The molecule has 2 heterocycles. The molecular formula is C23H24N4O8S. The minimum atomic E-state index is 0.292. The molecule has 36 heavy (non-hydrogen) atoms. The van der Waals surface area contributed by atoms with Crippen LogP contribution in [0.3, 0.4) is 0 Å². The molecule has 0 fully saturated rings. The molecule has 13 heteroatoms. The highest BCUT2D eigenvalue weighted by atomic mass is 32.2. The number of methoxy groups -OCH3 is 6. The average molecular weight is 517 g/mol. The molecule has 4 aromatic rings. The zero-order chi connectivity index (χ0) is 25.7. The van der Waals surface area contributed by atoms with Gasteiger partial charge in [0.15, 0.2) is 23.0 Å². The van der Waals surface area contributed by atoms with E-state index in [4.69, 9.17) is 37.3 Å². The lowest BCUT2D eigenvalue weighted by Crippen LogP contribution is -1.95. The fraction of sp³-hybridized carbons (Fsp3) is 0.304. The molecule has 2 aromatic heterocycles. The second kappa shape index (κ2) is 11.1. The summed E-state index contributed by atoms with van der Waals surface area (Å²) in [6.45, 7) is 0. The van der Waals surface area contributed by atoms with Gasteiger partial charge >= 0.3 is 0 Å². The van der Waals surface area contributed by atoms with E-state index in [-0.39, 0.29) is 0 Å². The van der Waals surface area contributed by atoms with Crippen LogP contribution >= 0.6 is 11.8 Å². The first-order valence-corrected chi connectivity index (χ1v) is 11.4. The zero-order valence-electron chi connectivity index (χ0n) is 20.5. The number of hydrogen-bond donors (Lipinski definition) is 0. The van der Waals surface area contributed by atoms with Gasteiger partial charge in [-0.05, 0) is 24.3 Å². The smallest absolute Gasteiger partial charge is 0.277 e. The van der Waals surface area contributed by atoms with Crippen LogP contribution in [0.15, 0.2) is 38.3 Å². The molecule has 0 atom stereocenters. The minimum absolute atomic E-state index is 0.292. The Morgan fingerprint density at radius 3 is 1.47 bits per heavy atom.